The van der Waals surface area contributed by atoms with Crippen molar-refractivity contribution in [2.75, 3.05) is 13.1 Å². The van der Waals surface area contributed by atoms with Crippen LogP contribution in [0.5, 0.6) is 0 Å². The van der Waals surface area contributed by atoms with E-state index in [0.717, 1.165) is 4.90 Å². The summed E-state index contributed by atoms with van der Waals surface area (Å²) in [4.78, 5) is 22.7. The zero-order valence-corrected chi connectivity index (χ0v) is 7.88. The normalized spacial score (nSPS) is 30.9. The number of rotatable bonds is 0. The van der Waals surface area contributed by atoms with E-state index in [9.17, 15) is 22.8 Å². The number of fused-ring (bicyclic) bond motifs is 1. The highest BCUT2D eigenvalue weighted by atomic mass is 19.4. The van der Waals surface area contributed by atoms with Gasteiger partial charge in [0.05, 0.1) is 0 Å². The highest BCUT2D eigenvalue weighted by Crippen LogP contribution is 2.37. The van der Waals surface area contributed by atoms with Crippen LogP contribution in [-0.4, -0.2) is 35.9 Å². The van der Waals surface area contributed by atoms with E-state index in [1.807, 2.05) is 0 Å². The number of likely N-dealkylation sites (tertiary alicyclic amines) is 1. The molecule has 1 heterocycles. The Bertz CT molecular complexity index is 297. The van der Waals surface area contributed by atoms with Crippen LogP contribution in [0.25, 0.3) is 0 Å². The van der Waals surface area contributed by atoms with Crippen LogP contribution in [0.4, 0.5) is 13.2 Å². The Morgan fingerprint density at radius 3 is 2.07 bits per heavy atom. The minimum absolute atomic E-state index is 0.0520. The van der Waals surface area contributed by atoms with Crippen LogP contribution in [0.1, 0.15) is 12.8 Å². The molecule has 6 heteroatoms. The van der Waals surface area contributed by atoms with Crippen molar-refractivity contribution in [1.82, 2.24) is 4.90 Å². The summed E-state index contributed by atoms with van der Waals surface area (Å²) < 4.78 is 36.3. The van der Waals surface area contributed by atoms with Gasteiger partial charge < -0.3 is 4.90 Å². The number of hydrogen-bond donors (Lipinski definition) is 0. The van der Waals surface area contributed by atoms with Gasteiger partial charge in [-0.15, -0.1) is 0 Å². The molecule has 1 aliphatic heterocycles. The van der Waals surface area contributed by atoms with E-state index in [1.54, 1.807) is 0 Å². The maximum atomic E-state index is 12.1. The number of halogens is 3. The second-order valence-electron chi connectivity index (χ2n) is 4.17. The van der Waals surface area contributed by atoms with Crippen molar-refractivity contribution in [3.63, 3.8) is 0 Å². The maximum absolute atomic E-state index is 12.1. The third-order valence-corrected chi connectivity index (χ3v) is 3.09. The van der Waals surface area contributed by atoms with Crippen molar-refractivity contribution in [2.24, 2.45) is 11.8 Å². The quantitative estimate of drug-likeness (QED) is 0.611. The number of alkyl halides is 3. The molecular weight excluding hydrogens is 211 g/mol. The Kier molecular flexibility index (Phi) is 2.24. The average molecular weight is 221 g/mol. The molecule has 2 unspecified atom stereocenters. The molecule has 0 spiro atoms. The molecule has 2 aliphatic rings. The monoisotopic (exact) mass is 221 g/mol. The fourth-order valence-electron chi connectivity index (χ4n) is 2.41. The van der Waals surface area contributed by atoms with Gasteiger partial charge in [-0.2, -0.15) is 13.2 Å². The molecule has 84 valence electrons. The summed E-state index contributed by atoms with van der Waals surface area (Å²) in [7, 11) is 0. The summed E-state index contributed by atoms with van der Waals surface area (Å²) in [5, 5.41) is 0. The standard InChI is InChI=1S/C9H10F3NO2/c10-9(11,12)8(15)13-3-5-1-7(14)2-6(5)4-13/h5-6H,1-4H2. The molecule has 2 fully saturated rings. The van der Waals surface area contributed by atoms with E-state index in [4.69, 9.17) is 0 Å². The Morgan fingerprint density at radius 1 is 1.20 bits per heavy atom. The van der Waals surface area contributed by atoms with Crippen LogP contribution in [0.15, 0.2) is 0 Å². The van der Waals surface area contributed by atoms with E-state index < -0.39 is 12.1 Å². The molecule has 0 aromatic rings. The Balaban J connectivity index is 2.01. The molecule has 0 radical (unpaired) electrons. The lowest BCUT2D eigenvalue weighted by atomic mass is 10.0. The van der Waals surface area contributed by atoms with Crippen LogP contribution in [-0.2, 0) is 9.59 Å². The summed E-state index contributed by atoms with van der Waals surface area (Å²) >= 11 is 0. The van der Waals surface area contributed by atoms with Gasteiger partial charge in [0.25, 0.3) is 0 Å². The van der Waals surface area contributed by atoms with Crippen molar-refractivity contribution < 1.29 is 22.8 Å². The minimum atomic E-state index is -4.79. The Hall–Kier alpha value is -1.07. The molecule has 1 saturated carbocycles. The summed E-state index contributed by atoms with van der Waals surface area (Å²) in [6.45, 7) is 0.156. The highest BCUT2D eigenvalue weighted by Gasteiger charge is 2.49. The van der Waals surface area contributed by atoms with Crippen molar-refractivity contribution >= 4 is 11.7 Å². The van der Waals surface area contributed by atoms with Gasteiger partial charge in [-0.3, -0.25) is 9.59 Å². The molecule has 1 aliphatic carbocycles. The number of amides is 1. The van der Waals surface area contributed by atoms with Crippen molar-refractivity contribution in [2.45, 2.75) is 19.0 Å². The van der Waals surface area contributed by atoms with Gasteiger partial charge in [-0.05, 0) is 11.8 Å². The molecule has 3 nitrogen and oxygen atoms in total. The lowest BCUT2D eigenvalue weighted by Gasteiger charge is -2.18. The number of ketones is 1. The van der Waals surface area contributed by atoms with Gasteiger partial charge in [0.2, 0.25) is 0 Å². The third kappa shape index (κ3) is 1.85. The second kappa shape index (κ2) is 3.21. The fraction of sp³-hybridized carbons (Fsp3) is 0.778. The molecule has 2 rings (SSSR count). The molecule has 15 heavy (non-hydrogen) atoms. The third-order valence-electron chi connectivity index (χ3n) is 3.09. The number of hydrogen-bond acceptors (Lipinski definition) is 2. The molecule has 1 amide bonds. The Labute approximate surface area is 84.2 Å². The molecule has 0 aromatic carbocycles. The van der Waals surface area contributed by atoms with E-state index in [2.05, 4.69) is 0 Å². The summed E-state index contributed by atoms with van der Waals surface area (Å²) in [6, 6.07) is 0. The van der Waals surface area contributed by atoms with Gasteiger partial charge >= 0.3 is 12.1 Å². The van der Waals surface area contributed by atoms with Gasteiger partial charge in [-0.25, -0.2) is 0 Å². The number of carbonyl (C=O) groups excluding carboxylic acids is 2. The molecule has 0 N–H and O–H groups in total. The Morgan fingerprint density at radius 2 is 1.67 bits per heavy atom. The first-order valence-corrected chi connectivity index (χ1v) is 4.75. The predicted octanol–water partition coefficient (Wildman–Crippen LogP) is 0.986. The smallest absolute Gasteiger partial charge is 0.334 e. The summed E-state index contributed by atoms with van der Waals surface area (Å²) in [5.41, 5.74) is 0. The highest BCUT2D eigenvalue weighted by molar-refractivity contribution is 5.84. The second-order valence-corrected chi connectivity index (χ2v) is 4.17. The predicted molar refractivity (Wildman–Crippen MR) is 43.9 cm³/mol. The summed E-state index contributed by atoms with van der Waals surface area (Å²) in [6.07, 6.45) is -4.14. The largest absolute Gasteiger partial charge is 0.471 e. The first-order valence-electron chi connectivity index (χ1n) is 4.75. The molecule has 0 bridgehead atoms. The first-order chi connectivity index (χ1) is 6.88. The SMILES string of the molecule is O=C1CC2CN(C(=O)C(F)(F)F)CC2C1. The van der Waals surface area contributed by atoms with E-state index in [-0.39, 0.29) is 30.7 Å². The van der Waals surface area contributed by atoms with Crippen molar-refractivity contribution in [3.05, 3.63) is 0 Å². The molecule has 2 atom stereocenters. The molecule has 0 aromatic heterocycles. The number of carbonyl (C=O) groups is 2. The number of nitrogens with zero attached hydrogens (tertiary/aromatic N) is 1. The summed E-state index contributed by atoms with van der Waals surface area (Å²) in [5.74, 6) is -1.78. The molecular formula is C9H10F3NO2. The fourth-order valence-corrected chi connectivity index (χ4v) is 2.41. The lowest BCUT2D eigenvalue weighted by molar-refractivity contribution is -0.184. The molecule has 1 saturated heterocycles. The zero-order valence-electron chi connectivity index (χ0n) is 7.88. The zero-order chi connectivity index (χ0) is 11.2. The van der Waals surface area contributed by atoms with Crippen molar-refractivity contribution in [1.29, 1.82) is 0 Å². The van der Waals surface area contributed by atoms with Gasteiger partial charge in [0.15, 0.2) is 0 Å². The van der Waals surface area contributed by atoms with E-state index in [1.165, 1.54) is 0 Å². The van der Waals surface area contributed by atoms with Gasteiger partial charge in [0, 0.05) is 25.9 Å². The number of Topliss-reactive ketones (excluding diaryl/α,β-unsaturated/α-hetero) is 1. The van der Waals surface area contributed by atoms with Gasteiger partial charge in [0.1, 0.15) is 5.78 Å². The average Bonchev–Trinajstić information content (AvgIpc) is 2.57. The van der Waals surface area contributed by atoms with E-state index in [0.29, 0.717) is 12.8 Å². The van der Waals surface area contributed by atoms with Crippen molar-refractivity contribution in [3.8, 4) is 0 Å². The van der Waals surface area contributed by atoms with Crippen LogP contribution < -0.4 is 0 Å². The maximum Gasteiger partial charge on any atom is 0.471 e. The van der Waals surface area contributed by atoms with E-state index >= 15 is 0 Å². The first kappa shape index (κ1) is 10.4. The topological polar surface area (TPSA) is 37.4 Å². The minimum Gasteiger partial charge on any atom is -0.334 e. The van der Waals surface area contributed by atoms with Crippen LogP contribution >= 0.6 is 0 Å². The van der Waals surface area contributed by atoms with Crippen LogP contribution in [0.2, 0.25) is 0 Å². The van der Waals surface area contributed by atoms with Crippen LogP contribution in [0.3, 0.4) is 0 Å². The van der Waals surface area contributed by atoms with Gasteiger partial charge in [-0.1, -0.05) is 0 Å². The van der Waals surface area contributed by atoms with Crippen LogP contribution in [0, 0.1) is 11.8 Å². The lowest BCUT2D eigenvalue weighted by Crippen LogP contribution is -2.40.